The number of nitrogens with zero attached hydrogens (tertiary/aromatic N) is 2. The molecule has 0 saturated heterocycles. The summed E-state index contributed by atoms with van der Waals surface area (Å²) in [5, 5.41) is 13.6. The van der Waals surface area contributed by atoms with Crippen molar-refractivity contribution >= 4 is 0 Å². The van der Waals surface area contributed by atoms with Crippen molar-refractivity contribution in [2.45, 2.75) is 37.8 Å². The molecule has 0 amide bonds. The molecule has 84 valence electrons. The van der Waals surface area contributed by atoms with Crippen molar-refractivity contribution in [1.29, 1.82) is 0 Å². The van der Waals surface area contributed by atoms with Gasteiger partial charge >= 0.3 is 0 Å². The summed E-state index contributed by atoms with van der Waals surface area (Å²) in [6.07, 6.45) is 6.54. The zero-order valence-electron chi connectivity index (χ0n) is 9.13. The summed E-state index contributed by atoms with van der Waals surface area (Å²) >= 11 is 0. The smallest absolute Gasteiger partial charge is 0.0612 e. The summed E-state index contributed by atoms with van der Waals surface area (Å²) in [5.41, 5.74) is 5.71. The molecule has 1 aromatic rings. The van der Waals surface area contributed by atoms with Crippen molar-refractivity contribution in [2.75, 3.05) is 6.61 Å². The number of hydrogen-bond acceptors (Lipinski definition) is 3. The highest BCUT2D eigenvalue weighted by atomic mass is 16.3. The third kappa shape index (κ3) is 2.06. The van der Waals surface area contributed by atoms with Crippen LogP contribution in [0.1, 0.15) is 32.2 Å². The first-order valence-corrected chi connectivity index (χ1v) is 5.53. The molecule has 15 heavy (non-hydrogen) atoms. The topological polar surface area (TPSA) is 64.1 Å². The van der Waals surface area contributed by atoms with Crippen LogP contribution >= 0.6 is 0 Å². The van der Waals surface area contributed by atoms with E-state index in [1.807, 2.05) is 16.9 Å². The van der Waals surface area contributed by atoms with Crippen LogP contribution in [-0.4, -0.2) is 27.0 Å². The number of nitrogens with two attached hydrogens (primary N) is 1. The van der Waals surface area contributed by atoms with Gasteiger partial charge in [-0.2, -0.15) is 5.10 Å². The zero-order valence-corrected chi connectivity index (χ0v) is 9.13. The van der Waals surface area contributed by atoms with Gasteiger partial charge in [0.15, 0.2) is 0 Å². The molecule has 1 heterocycles. The Morgan fingerprint density at radius 2 is 2.47 bits per heavy atom. The fourth-order valence-electron chi connectivity index (χ4n) is 2.40. The molecule has 3 N–H and O–H groups in total. The van der Waals surface area contributed by atoms with E-state index in [2.05, 4.69) is 12.0 Å². The molecule has 1 aliphatic carbocycles. The van der Waals surface area contributed by atoms with Crippen molar-refractivity contribution in [2.24, 2.45) is 11.7 Å². The summed E-state index contributed by atoms with van der Waals surface area (Å²) in [4.78, 5) is 0. The highest BCUT2D eigenvalue weighted by Crippen LogP contribution is 2.37. The first kappa shape index (κ1) is 10.6. The van der Waals surface area contributed by atoms with Gasteiger partial charge in [0.2, 0.25) is 0 Å². The van der Waals surface area contributed by atoms with Crippen molar-refractivity contribution in [3.8, 4) is 0 Å². The van der Waals surface area contributed by atoms with E-state index >= 15 is 0 Å². The Hall–Kier alpha value is -0.870. The molecule has 0 aromatic carbocycles. The molecule has 3 atom stereocenters. The Bertz CT molecular complexity index is 312. The Morgan fingerprint density at radius 3 is 3.07 bits per heavy atom. The van der Waals surface area contributed by atoms with E-state index in [4.69, 9.17) is 5.73 Å². The normalized spacial score (nSPS) is 36.7. The van der Waals surface area contributed by atoms with Crippen LogP contribution in [0.3, 0.4) is 0 Å². The second-order valence-corrected chi connectivity index (χ2v) is 4.79. The average molecular weight is 209 g/mol. The van der Waals surface area contributed by atoms with Crippen LogP contribution in [0.2, 0.25) is 0 Å². The maximum atomic E-state index is 9.30. The van der Waals surface area contributed by atoms with Gasteiger partial charge in [-0.3, -0.25) is 4.68 Å². The Labute approximate surface area is 90.1 Å². The Morgan fingerprint density at radius 1 is 1.67 bits per heavy atom. The molecule has 1 saturated carbocycles. The minimum atomic E-state index is -0.414. The van der Waals surface area contributed by atoms with E-state index in [9.17, 15) is 5.11 Å². The third-order valence-corrected chi connectivity index (χ3v) is 3.55. The fourth-order valence-corrected chi connectivity index (χ4v) is 2.40. The summed E-state index contributed by atoms with van der Waals surface area (Å²) < 4.78 is 1.97. The number of rotatable bonds is 2. The minimum Gasteiger partial charge on any atom is -0.394 e. The number of hydrogen-bond donors (Lipinski definition) is 2. The standard InChI is InChI=1S/C11H19N3O/c1-9-3-4-11(12,8-15)7-10(9)14-6-2-5-13-14/h2,5-6,9-10,15H,3-4,7-8,12H2,1H3. The van der Waals surface area contributed by atoms with Crippen LogP contribution < -0.4 is 5.73 Å². The molecule has 1 aliphatic rings. The van der Waals surface area contributed by atoms with Crippen LogP contribution in [0, 0.1) is 5.92 Å². The number of aromatic nitrogens is 2. The highest BCUT2D eigenvalue weighted by Gasteiger charge is 2.37. The van der Waals surface area contributed by atoms with E-state index in [1.165, 1.54) is 0 Å². The van der Waals surface area contributed by atoms with Crippen LogP contribution in [0.25, 0.3) is 0 Å². The predicted octanol–water partition coefficient (Wildman–Crippen LogP) is 0.934. The van der Waals surface area contributed by atoms with E-state index in [0.29, 0.717) is 12.0 Å². The molecule has 1 aromatic heterocycles. The lowest BCUT2D eigenvalue weighted by atomic mass is 9.75. The van der Waals surface area contributed by atoms with Gasteiger partial charge in [-0.05, 0) is 31.2 Å². The molecule has 3 unspecified atom stereocenters. The van der Waals surface area contributed by atoms with E-state index in [0.717, 1.165) is 19.3 Å². The van der Waals surface area contributed by atoms with E-state index < -0.39 is 5.54 Å². The van der Waals surface area contributed by atoms with E-state index in [1.54, 1.807) is 6.20 Å². The molecular weight excluding hydrogens is 190 g/mol. The van der Waals surface area contributed by atoms with Gasteiger partial charge in [0.05, 0.1) is 12.6 Å². The lowest BCUT2D eigenvalue weighted by molar-refractivity contribution is 0.0981. The van der Waals surface area contributed by atoms with Gasteiger partial charge in [-0.15, -0.1) is 0 Å². The maximum absolute atomic E-state index is 9.30. The van der Waals surface area contributed by atoms with Gasteiger partial charge in [0.25, 0.3) is 0 Å². The summed E-state index contributed by atoms with van der Waals surface area (Å²) in [7, 11) is 0. The maximum Gasteiger partial charge on any atom is 0.0612 e. The van der Waals surface area contributed by atoms with Gasteiger partial charge in [0, 0.05) is 17.9 Å². The molecule has 4 heteroatoms. The molecular formula is C11H19N3O. The third-order valence-electron chi connectivity index (χ3n) is 3.55. The SMILES string of the molecule is CC1CCC(N)(CO)CC1n1cccn1. The molecule has 1 fully saturated rings. The van der Waals surface area contributed by atoms with Gasteiger partial charge in [-0.25, -0.2) is 0 Å². The second kappa shape index (κ2) is 3.94. The van der Waals surface area contributed by atoms with Crippen LogP contribution in [0.5, 0.6) is 0 Å². The molecule has 2 rings (SSSR count). The van der Waals surface area contributed by atoms with Gasteiger partial charge < -0.3 is 10.8 Å². The molecule has 0 aliphatic heterocycles. The Kier molecular flexibility index (Phi) is 2.80. The highest BCUT2D eigenvalue weighted by molar-refractivity contribution is 4.96. The zero-order chi connectivity index (χ0) is 10.9. The molecule has 0 spiro atoms. The van der Waals surface area contributed by atoms with Crippen molar-refractivity contribution in [3.63, 3.8) is 0 Å². The molecule has 0 radical (unpaired) electrons. The average Bonchev–Trinajstić information content (AvgIpc) is 2.75. The second-order valence-electron chi connectivity index (χ2n) is 4.79. The van der Waals surface area contributed by atoms with Crippen molar-refractivity contribution in [1.82, 2.24) is 9.78 Å². The van der Waals surface area contributed by atoms with Gasteiger partial charge in [-0.1, -0.05) is 6.92 Å². The lowest BCUT2D eigenvalue weighted by Crippen LogP contribution is -2.49. The number of aliphatic hydroxyl groups is 1. The first-order valence-electron chi connectivity index (χ1n) is 5.53. The Balaban J connectivity index is 2.16. The summed E-state index contributed by atoms with van der Waals surface area (Å²) in [6.45, 7) is 2.29. The predicted molar refractivity (Wildman–Crippen MR) is 58.3 cm³/mol. The van der Waals surface area contributed by atoms with Crippen LogP contribution in [0.4, 0.5) is 0 Å². The van der Waals surface area contributed by atoms with Crippen LogP contribution in [0.15, 0.2) is 18.5 Å². The van der Waals surface area contributed by atoms with E-state index in [-0.39, 0.29) is 6.61 Å². The molecule has 0 bridgehead atoms. The van der Waals surface area contributed by atoms with Gasteiger partial charge in [0.1, 0.15) is 0 Å². The summed E-state index contributed by atoms with van der Waals surface area (Å²) in [6, 6.07) is 2.25. The molecule has 4 nitrogen and oxygen atoms in total. The number of aliphatic hydroxyl groups excluding tert-OH is 1. The van der Waals surface area contributed by atoms with Crippen molar-refractivity contribution in [3.05, 3.63) is 18.5 Å². The van der Waals surface area contributed by atoms with Crippen LogP contribution in [-0.2, 0) is 0 Å². The summed E-state index contributed by atoms with van der Waals surface area (Å²) in [5.74, 6) is 0.577. The minimum absolute atomic E-state index is 0.0670. The first-order chi connectivity index (χ1) is 7.14. The lowest BCUT2D eigenvalue weighted by Gasteiger charge is -2.40. The fraction of sp³-hybridized carbons (Fsp3) is 0.727. The van der Waals surface area contributed by atoms with Crippen molar-refractivity contribution < 1.29 is 5.11 Å². The largest absolute Gasteiger partial charge is 0.394 e. The quantitative estimate of drug-likeness (QED) is 0.761. The monoisotopic (exact) mass is 209 g/mol.